The molecule has 3 heteroatoms. The van der Waals surface area contributed by atoms with Crippen LogP contribution in [0.15, 0.2) is 54.6 Å². The largest absolute Gasteiger partial charge is 0.457 e. The Balaban J connectivity index is 1.73. The highest BCUT2D eigenvalue weighted by Gasteiger charge is 2.44. The lowest BCUT2D eigenvalue weighted by atomic mass is 9.74. The Hall–Kier alpha value is -2.94. The van der Waals surface area contributed by atoms with Crippen LogP contribution in [0, 0.1) is 0 Å². The van der Waals surface area contributed by atoms with Crippen LogP contribution in [-0.4, -0.2) is 13.1 Å². The zero-order valence-electron chi connectivity index (χ0n) is 16.4. The lowest BCUT2D eigenvalue weighted by molar-refractivity contribution is 0.451. The average molecular weight is 368 g/mol. The summed E-state index contributed by atoms with van der Waals surface area (Å²) in [5.41, 5.74) is 9.46. The molecule has 3 aliphatic heterocycles. The van der Waals surface area contributed by atoms with E-state index in [0.29, 0.717) is 0 Å². The van der Waals surface area contributed by atoms with Crippen LogP contribution < -0.4 is 14.5 Å². The SMILES string of the molecule is CCCN1c2cccc3c2C2c4c(cccc4N(CCC)c4cccc1c42)O3. The fourth-order valence-corrected chi connectivity index (χ4v) is 5.34. The first-order valence-corrected chi connectivity index (χ1v) is 10.4. The number of ether oxygens (including phenoxy) is 1. The van der Waals surface area contributed by atoms with Gasteiger partial charge in [0.15, 0.2) is 0 Å². The molecule has 0 bridgehead atoms. The van der Waals surface area contributed by atoms with E-state index in [9.17, 15) is 0 Å². The van der Waals surface area contributed by atoms with Crippen LogP contribution in [0.5, 0.6) is 11.5 Å². The topological polar surface area (TPSA) is 15.7 Å². The number of anilines is 4. The third kappa shape index (κ3) is 1.89. The van der Waals surface area contributed by atoms with Gasteiger partial charge in [-0.25, -0.2) is 0 Å². The molecular formula is C25H24N2O. The Morgan fingerprint density at radius 3 is 1.54 bits per heavy atom. The second-order valence-electron chi connectivity index (χ2n) is 7.93. The molecule has 3 nitrogen and oxygen atoms in total. The molecule has 3 aromatic carbocycles. The van der Waals surface area contributed by atoms with Crippen molar-refractivity contribution in [2.45, 2.75) is 32.6 Å². The summed E-state index contributed by atoms with van der Waals surface area (Å²) in [4.78, 5) is 5.00. The van der Waals surface area contributed by atoms with Crippen LogP contribution in [0.2, 0.25) is 0 Å². The maximum atomic E-state index is 6.45. The van der Waals surface area contributed by atoms with Gasteiger partial charge < -0.3 is 14.5 Å². The van der Waals surface area contributed by atoms with Crippen LogP contribution in [0.4, 0.5) is 22.7 Å². The van der Waals surface area contributed by atoms with Crippen molar-refractivity contribution in [3.63, 3.8) is 0 Å². The molecule has 0 saturated heterocycles. The zero-order valence-corrected chi connectivity index (χ0v) is 16.4. The minimum absolute atomic E-state index is 0.263. The molecule has 3 heterocycles. The molecule has 0 unspecified atom stereocenters. The summed E-state index contributed by atoms with van der Waals surface area (Å²) >= 11 is 0. The van der Waals surface area contributed by atoms with Gasteiger partial charge in [-0.1, -0.05) is 32.0 Å². The summed E-state index contributed by atoms with van der Waals surface area (Å²) < 4.78 is 6.45. The lowest BCUT2D eigenvalue weighted by Crippen LogP contribution is -2.34. The standard InChI is InChI=1S/C25H24N2O/c1-3-14-26-16-8-5-9-17-22(16)25-23-18(26)10-6-12-20(23)28-21-13-7-11-19(24(21)25)27(17)15-4-2/h5-13,25H,3-4,14-15H2,1-2H3. The summed E-state index contributed by atoms with van der Waals surface area (Å²) in [5, 5.41) is 0. The molecule has 6 rings (SSSR count). The van der Waals surface area contributed by atoms with Gasteiger partial charge in [0.2, 0.25) is 0 Å². The van der Waals surface area contributed by atoms with E-state index in [-0.39, 0.29) is 5.92 Å². The third-order valence-electron chi connectivity index (χ3n) is 6.29. The van der Waals surface area contributed by atoms with Crippen molar-refractivity contribution >= 4 is 22.7 Å². The first kappa shape index (κ1) is 16.1. The first-order valence-electron chi connectivity index (χ1n) is 10.4. The van der Waals surface area contributed by atoms with E-state index >= 15 is 0 Å². The highest BCUT2D eigenvalue weighted by molar-refractivity contribution is 5.92. The number of rotatable bonds is 4. The molecule has 3 aromatic rings. The van der Waals surface area contributed by atoms with E-state index in [1.165, 1.54) is 39.4 Å². The minimum atomic E-state index is 0.263. The number of hydrogen-bond donors (Lipinski definition) is 0. The Kier molecular flexibility index (Phi) is 3.31. The summed E-state index contributed by atoms with van der Waals surface area (Å²) in [5.74, 6) is 2.29. The second kappa shape index (κ2) is 5.78. The van der Waals surface area contributed by atoms with E-state index in [0.717, 1.165) is 37.4 Å². The smallest absolute Gasteiger partial charge is 0.133 e. The van der Waals surface area contributed by atoms with Gasteiger partial charge in [0.25, 0.3) is 0 Å². The van der Waals surface area contributed by atoms with Gasteiger partial charge in [0, 0.05) is 58.4 Å². The minimum Gasteiger partial charge on any atom is -0.457 e. The molecular weight excluding hydrogens is 344 g/mol. The van der Waals surface area contributed by atoms with Crippen molar-refractivity contribution in [3.05, 3.63) is 71.3 Å². The summed E-state index contributed by atoms with van der Waals surface area (Å²) in [6.07, 6.45) is 2.22. The van der Waals surface area contributed by atoms with Gasteiger partial charge in [-0.2, -0.15) is 0 Å². The van der Waals surface area contributed by atoms with Crippen molar-refractivity contribution in [3.8, 4) is 11.5 Å². The molecule has 3 aliphatic rings. The number of benzene rings is 3. The molecule has 0 aliphatic carbocycles. The van der Waals surface area contributed by atoms with Crippen molar-refractivity contribution in [2.75, 3.05) is 22.9 Å². The number of nitrogens with zero attached hydrogens (tertiary/aromatic N) is 2. The Labute approximate surface area is 166 Å². The predicted octanol–water partition coefficient (Wildman–Crippen LogP) is 6.70. The summed E-state index contributed by atoms with van der Waals surface area (Å²) in [6.45, 7) is 6.54. The fourth-order valence-electron chi connectivity index (χ4n) is 5.34. The zero-order chi connectivity index (χ0) is 18.8. The van der Waals surface area contributed by atoms with Crippen LogP contribution >= 0.6 is 0 Å². The Bertz CT molecular complexity index is 1020. The molecule has 0 spiro atoms. The monoisotopic (exact) mass is 368 g/mol. The maximum absolute atomic E-state index is 6.45. The summed E-state index contributed by atoms with van der Waals surface area (Å²) in [6, 6.07) is 19.9. The van der Waals surface area contributed by atoms with E-state index in [2.05, 4.69) is 78.2 Å². The van der Waals surface area contributed by atoms with Crippen LogP contribution in [0.1, 0.15) is 49.3 Å². The number of hydrogen-bond acceptors (Lipinski definition) is 3. The first-order chi connectivity index (χ1) is 13.8. The van der Waals surface area contributed by atoms with E-state index in [4.69, 9.17) is 4.74 Å². The van der Waals surface area contributed by atoms with Crippen molar-refractivity contribution < 1.29 is 4.74 Å². The van der Waals surface area contributed by atoms with Gasteiger partial charge in [0.1, 0.15) is 11.5 Å². The van der Waals surface area contributed by atoms with Gasteiger partial charge in [0.05, 0.1) is 0 Å². The molecule has 0 amide bonds. The van der Waals surface area contributed by atoms with Gasteiger partial charge in [-0.05, 0) is 49.2 Å². The van der Waals surface area contributed by atoms with E-state index in [1.807, 2.05) is 0 Å². The molecule has 0 N–H and O–H groups in total. The molecule has 28 heavy (non-hydrogen) atoms. The molecule has 140 valence electrons. The van der Waals surface area contributed by atoms with Crippen LogP contribution in [0.3, 0.4) is 0 Å². The molecule has 0 atom stereocenters. The van der Waals surface area contributed by atoms with Crippen LogP contribution in [-0.2, 0) is 0 Å². The lowest BCUT2D eigenvalue weighted by Gasteiger charge is -2.47. The maximum Gasteiger partial charge on any atom is 0.133 e. The Morgan fingerprint density at radius 2 is 1.07 bits per heavy atom. The summed E-state index contributed by atoms with van der Waals surface area (Å²) in [7, 11) is 0. The van der Waals surface area contributed by atoms with Crippen LogP contribution in [0.25, 0.3) is 0 Å². The molecule has 0 fully saturated rings. The average Bonchev–Trinajstić information content (AvgIpc) is 2.73. The third-order valence-corrected chi connectivity index (χ3v) is 6.29. The molecule has 0 saturated carbocycles. The highest BCUT2D eigenvalue weighted by atomic mass is 16.5. The highest BCUT2D eigenvalue weighted by Crippen LogP contribution is 2.63. The van der Waals surface area contributed by atoms with Gasteiger partial charge >= 0.3 is 0 Å². The van der Waals surface area contributed by atoms with Crippen molar-refractivity contribution in [1.29, 1.82) is 0 Å². The molecule has 0 radical (unpaired) electrons. The molecule has 0 aromatic heterocycles. The quantitative estimate of drug-likeness (QED) is 0.399. The van der Waals surface area contributed by atoms with Crippen molar-refractivity contribution in [2.24, 2.45) is 0 Å². The normalized spacial score (nSPS) is 15.4. The fraction of sp³-hybridized carbons (Fsp3) is 0.280. The Morgan fingerprint density at radius 1 is 0.643 bits per heavy atom. The van der Waals surface area contributed by atoms with Gasteiger partial charge in [-0.15, -0.1) is 0 Å². The van der Waals surface area contributed by atoms with Crippen molar-refractivity contribution in [1.82, 2.24) is 0 Å². The van der Waals surface area contributed by atoms with E-state index < -0.39 is 0 Å². The van der Waals surface area contributed by atoms with Gasteiger partial charge in [-0.3, -0.25) is 0 Å². The second-order valence-corrected chi connectivity index (χ2v) is 7.93. The predicted molar refractivity (Wildman–Crippen MR) is 115 cm³/mol. The van der Waals surface area contributed by atoms with E-state index in [1.54, 1.807) is 0 Å².